The molecule has 0 aliphatic rings. The van der Waals surface area contributed by atoms with Gasteiger partial charge in [-0.1, -0.05) is 11.6 Å². The van der Waals surface area contributed by atoms with Gasteiger partial charge in [0.05, 0.1) is 22.9 Å². The van der Waals surface area contributed by atoms with E-state index in [0.717, 1.165) is 0 Å². The second-order valence-electron chi connectivity index (χ2n) is 4.48. The van der Waals surface area contributed by atoms with E-state index in [2.05, 4.69) is 0 Å². The third-order valence-electron chi connectivity index (χ3n) is 2.76. The van der Waals surface area contributed by atoms with E-state index in [-0.39, 0.29) is 11.6 Å². The zero-order valence-electron chi connectivity index (χ0n) is 11.3. The van der Waals surface area contributed by atoms with Crippen LogP contribution < -0.4 is 10.6 Å². The van der Waals surface area contributed by atoms with Gasteiger partial charge in [0.25, 0.3) is 0 Å². The van der Waals surface area contributed by atoms with E-state index >= 15 is 0 Å². The lowest BCUT2D eigenvalue weighted by Gasteiger charge is -2.31. The second-order valence-corrected chi connectivity index (χ2v) is 4.89. The van der Waals surface area contributed by atoms with Crippen LogP contribution in [0, 0.1) is 0 Å². The van der Waals surface area contributed by atoms with Crippen molar-refractivity contribution < 1.29 is 14.6 Å². The fourth-order valence-corrected chi connectivity index (χ4v) is 2.23. The highest BCUT2D eigenvalue weighted by Gasteiger charge is 2.22. The smallest absolute Gasteiger partial charge is 0.337 e. The normalized spacial score (nSPS) is 10.8. The summed E-state index contributed by atoms with van der Waals surface area (Å²) in [5.74, 6) is -1.05. The van der Waals surface area contributed by atoms with Crippen molar-refractivity contribution in [3.8, 4) is 0 Å². The van der Waals surface area contributed by atoms with Crippen LogP contribution >= 0.6 is 11.6 Å². The van der Waals surface area contributed by atoms with Crippen molar-refractivity contribution in [3.05, 3.63) is 22.7 Å². The van der Waals surface area contributed by atoms with Gasteiger partial charge < -0.3 is 20.5 Å². The molecule has 0 saturated heterocycles. The molecule has 0 aliphatic heterocycles. The van der Waals surface area contributed by atoms with Gasteiger partial charge in [0.15, 0.2) is 0 Å². The average molecular weight is 287 g/mol. The summed E-state index contributed by atoms with van der Waals surface area (Å²) in [4.78, 5) is 13.3. The monoisotopic (exact) mass is 286 g/mol. The van der Waals surface area contributed by atoms with Gasteiger partial charge in [0.1, 0.15) is 0 Å². The molecule has 0 aromatic heterocycles. The van der Waals surface area contributed by atoms with Crippen LogP contribution in [-0.2, 0) is 4.74 Å². The number of methoxy groups -OCH3 is 1. The van der Waals surface area contributed by atoms with Crippen LogP contribution in [0.5, 0.6) is 0 Å². The number of nitrogens with two attached hydrogens (primary N) is 1. The number of hydrogen-bond donors (Lipinski definition) is 2. The zero-order valence-corrected chi connectivity index (χ0v) is 12.1. The Morgan fingerprint density at radius 3 is 2.63 bits per heavy atom. The summed E-state index contributed by atoms with van der Waals surface area (Å²) in [6.07, 6.45) is 0. The van der Waals surface area contributed by atoms with Crippen molar-refractivity contribution >= 4 is 28.9 Å². The maximum Gasteiger partial charge on any atom is 0.337 e. The number of halogens is 1. The highest BCUT2D eigenvalue weighted by molar-refractivity contribution is 6.34. The van der Waals surface area contributed by atoms with Crippen LogP contribution in [0.3, 0.4) is 0 Å². The molecule has 3 N–H and O–H groups in total. The first-order chi connectivity index (χ1) is 8.88. The standard InChI is InChI=1S/C13H19ClN2O3/c1-8(2)16(4-5-19-3)12-10(13(17)18)6-9(15)7-11(12)14/h6-8H,4-5,15H2,1-3H3,(H,17,18). The lowest BCUT2D eigenvalue weighted by atomic mass is 10.1. The lowest BCUT2D eigenvalue weighted by molar-refractivity contribution is 0.0697. The summed E-state index contributed by atoms with van der Waals surface area (Å²) in [6, 6.07) is 3.08. The minimum atomic E-state index is -1.05. The summed E-state index contributed by atoms with van der Waals surface area (Å²) in [5, 5.41) is 9.63. The molecule has 1 aromatic rings. The van der Waals surface area contributed by atoms with Crippen LogP contribution in [0.25, 0.3) is 0 Å². The van der Waals surface area contributed by atoms with Crippen LogP contribution in [-0.4, -0.2) is 37.4 Å². The van der Waals surface area contributed by atoms with Crippen molar-refractivity contribution in [3.63, 3.8) is 0 Å². The van der Waals surface area contributed by atoms with E-state index in [9.17, 15) is 9.90 Å². The number of anilines is 2. The fourth-order valence-electron chi connectivity index (χ4n) is 1.89. The molecule has 6 heteroatoms. The molecule has 0 radical (unpaired) electrons. The van der Waals surface area contributed by atoms with Crippen LogP contribution in [0.2, 0.25) is 5.02 Å². The second kappa shape index (κ2) is 6.63. The SMILES string of the molecule is COCCN(c1c(Cl)cc(N)cc1C(=O)O)C(C)C. The lowest BCUT2D eigenvalue weighted by Crippen LogP contribution is -2.35. The van der Waals surface area contributed by atoms with Crippen molar-refractivity contribution in [2.24, 2.45) is 0 Å². The quantitative estimate of drug-likeness (QED) is 0.786. The van der Waals surface area contributed by atoms with Crippen molar-refractivity contribution in [1.29, 1.82) is 0 Å². The number of carboxylic acids is 1. The number of nitrogens with zero attached hydrogens (tertiary/aromatic N) is 1. The van der Waals surface area contributed by atoms with Crippen molar-refractivity contribution in [1.82, 2.24) is 0 Å². The summed E-state index contributed by atoms with van der Waals surface area (Å²) < 4.78 is 5.05. The van der Waals surface area contributed by atoms with Gasteiger partial charge in [0, 0.05) is 25.4 Å². The first kappa shape index (κ1) is 15.6. The Hall–Kier alpha value is -1.46. The van der Waals surface area contributed by atoms with Gasteiger partial charge >= 0.3 is 5.97 Å². The molecule has 0 amide bonds. The molecule has 1 rings (SSSR count). The zero-order chi connectivity index (χ0) is 14.6. The third-order valence-corrected chi connectivity index (χ3v) is 3.05. The summed E-state index contributed by atoms with van der Waals surface area (Å²) in [7, 11) is 1.60. The predicted molar refractivity (Wildman–Crippen MR) is 77.2 cm³/mol. The highest BCUT2D eigenvalue weighted by atomic mass is 35.5. The molecule has 0 unspecified atom stereocenters. The number of carbonyl (C=O) groups is 1. The van der Waals surface area contributed by atoms with Crippen LogP contribution in [0.15, 0.2) is 12.1 Å². The summed E-state index contributed by atoms with van der Waals surface area (Å²) in [5.41, 5.74) is 6.57. The number of benzene rings is 1. The molecule has 0 aliphatic carbocycles. The largest absolute Gasteiger partial charge is 0.478 e. The number of nitrogen functional groups attached to an aromatic ring is 1. The molecule has 0 heterocycles. The minimum absolute atomic E-state index is 0.0920. The summed E-state index contributed by atoms with van der Waals surface area (Å²) in [6.45, 7) is 4.97. The van der Waals surface area contributed by atoms with E-state index in [1.807, 2.05) is 18.7 Å². The maximum atomic E-state index is 11.4. The first-order valence-electron chi connectivity index (χ1n) is 5.96. The molecular weight excluding hydrogens is 268 g/mol. The average Bonchev–Trinajstić information content (AvgIpc) is 2.30. The molecule has 5 nitrogen and oxygen atoms in total. The van der Waals surface area contributed by atoms with E-state index in [4.69, 9.17) is 22.1 Å². The van der Waals surface area contributed by atoms with Gasteiger partial charge in [-0.2, -0.15) is 0 Å². The Balaban J connectivity index is 3.31. The highest BCUT2D eigenvalue weighted by Crippen LogP contribution is 2.33. The molecule has 0 bridgehead atoms. The van der Waals surface area contributed by atoms with Gasteiger partial charge in [0.2, 0.25) is 0 Å². The van der Waals surface area contributed by atoms with E-state index < -0.39 is 5.97 Å². The molecule has 0 spiro atoms. The van der Waals surface area contributed by atoms with Gasteiger partial charge in [-0.05, 0) is 26.0 Å². The Kier molecular flexibility index (Phi) is 5.44. The van der Waals surface area contributed by atoms with Crippen LogP contribution in [0.4, 0.5) is 11.4 Å². The minimum Gasteiger partial charge on any atom is -0.478 e. The number of carboxylic acid groups (broad SMARTS) is 1. The van der Waals surface area contributed by atoms with Gasteiger partial charge in [-0.3, -0.25) is 0 Å². The van der Waals surface area contributed by atoms with E-state index in [1.165, 1.54) is 6.07 Å². The molecule has 106 valence electrons. The number of rotatable bonds is 6. The number of hydrogen-bond acceptors (Lipinski definition) is 4. The summed E-state index contributed by atoms with van der Waals surface area (Å²) >= 11 is 6.17. The topological polar surface area (TPSA) is 75.8 Å². The molecular formula is C13H19ClN2O3. The Bertz CT molecular complexity index is 463. The molecule has 19 heavy (non-hydrogen) atoms. The van der Waals surface area contributed by atoms with Crippen LogP contribution in [0.1, 0.15) is 24.2 Å². The maximum absolute atomic E-state index is 11.4. The van der Waals surface area contributed by atoms with E-state index in [1.54, 1.807) is 13.2 Å². The Morgan fingerprint density at radius 2 is 2.16 bits per heavy atom. The Labute approximate surface area is 117 Å². The molecule has 0 atom stereocenters. The van der Waals surface area contributed by atoms with Gasteiger partial charge in [-0.15, -0.1) is 0 Å². The molecule has 0 fully saturated rings. The predicted octanol–water partition coefficient (Wildman–Crippen LogP) is 2.48. The fraction of sp³-hybridized carbons (Fsp3) is 0.462. The first-order valence-corrected chi connectivity index (χ1v) is 6.34. The third kappa shape index (κ3) is 3.75. The molecule has 1 aromatic carbocycles. The molecule has 0 saturated carbocycles. The Morgan fingerprint density at radius 1 is 1.53 bits per heavy atom. The van der Waals surface area contributed by atoms with E-state index in [0.29, 0.717) is 29.5 Å². The number of ether oxygens (including phenoxy) is 1. The van der Waals surface area contributed by atoms with Gasteiger partial charge in [-0.25, -0.2) is 4.79 Å². The van der Waals surface area contributed by atoms with Crippen molar-refractivity contribution in [2.75, 3.05) is 30.9 Å². The van der Waals surface area contributed by atoms with Crippen molar-refractivity contribution in [2.45, 2.75) is 19.9 Å². The number of aromatic carboxylic acids is 1.